The van der Waals surface area contributed by atoms with E-state index in [1.165, 1.54) is 64.3 Å². The molecule has 0 aromatic heterocycles. The van der Waals surface area contributed by atoms with Crippen molar-refractivity contribution in [1.82, 2.24) is 4.90 Å². The van der Waals surface area contributed by atoms with Gasteiger partial charge in [-0.3, -0.25) is 4.90 Å². The zero-order valence-corrected chi connectivity index (χ0v) is 11.5. The van der Waals surface area contributed by atoms with Crippen LogP contribution < -0.4 is 5.73 Å². The molecule has 3 unspecified atom stereocenters. The molecule has 2 fully saturated rings. The van der Waals surface area contributed by atoms with Gasteiger partial charge in [-0.2, -0.15) is 0 Å². The number of likely N-dealkylation sites (tertiary alicyclic amines) is 1. The van der Waals surface area contributed by atoms with Crippen molar-refractivity contribution >= 4 is 0 Å². The zero-order valence-electron chi connectivity index (χ0n) is 11.5. The highest BCUT2D eigenvalue weighted by Crippen LogP contribution is 2.32. The van der Waals surface area contributed by atoms with Gasteiger partial charge in [0.2, 0.25) is 0 Å². The lowest BCUT2D eigenvalue weighted by molar-refractivity contribution is 0.0561. The van der Waals surface area contributed by atoms with Crippen LogP contribution in [0.25, 0.3) is 0 Å². The van der Waals surface area contributed by atoms with E-state index in [-0.39, 0.29) is 0 Å². The molecule has 0 bridgehead atoms. The second-order valence-electron chi connectivity index (χ2n) is 6.00. The third kappa shape index (κ3) is 3.23. The van der Waals surface area contributed by atoms with E-state index < -0.39 is 0 Å². The number of nitrogens with two attached hydrogens (primary N) is 1. The molecule has 2 aliphatic rings. The van der Waals surface area contributed by atoms with Crippen LogP contribution in [0.2, 0.25) is 0 Å². The average molecular weight is 238 g/mol. The van der Waals surface area contributed by atoms with Crippen LogP contribution in [0, 0.1) is 5.92 Å². The van der Waals surface area contributed by atoms with Gasteiger partial charge in [0.1, 0.15) is 0 Å². The molecule has 1 aliphatic heterocycles. The Morgan fingerprint density at radius 1 is 1.00 bits per heavy atom. The Labute approximate surface area is 107 Å². The second-order valence-corrected chi connectivity index (χ2v) is 6.00. The van der Waals surface area contributed by atoms with E-state index in [1.807, 2.05) is 0 Å². The van der Waals surface area contributed by atoms with Crippen molar-refractivity contribution in [2.24, 2.45) is 11.7 Å². The molecule has 1 aliphatic carbocycles. The molecule has 0 amide bonds. The predicted molar refractivity (Wildman–Crippen MR) is 74.1 cm³/mol. The lowest BCUT2D eigenvalue weighted by atomic mass is 9.89. The van der Waals surface area contributed by atoms with Gasteiger partial charge in [0.25, 0.3) is 0 Å². The van der Waals surface area contributed by atoms with Crippen LogP contribution in [-0.2, 0) is 0 Å². The minimum atomic E-state index is 0.768. The molecule has 2 heteroatoms. The standard InChI is InChI=1S/C15H30N2/c1-2-14-9-6-7-11-17(14)15-10-5-3-4-8-13(15)12-16/h13-15H,2-12,16H2,1H3. The molecule has 2 nitrogen and oxygen atoms in total. The van der Waals surface area contributed by atoms with Crippen LogP contribution in [0.15, 0.2) is 0 Å². The summed E-state index contributed by atoms with van der Waals surface area (Å²) < 4.78 is 0. The van der Waals surface area contributed by atoms with Gasteiger partial charge in [-0.15, -0.1) is 0 Å². The summed E-state index contributed by atoms with van der Waals surface area (Å²) in [6.07, 6.45) is 12.6. The topological polar surface area (TPSA) is 29.3 Å². The molecule has 100 valence electrons. The average Bonchev–Trinajstić information content (AvgIpc) is 2.63. The highest BCUT2D eigenvalue weighted by Gasteiger charge is 2.32. The van der Waals surface area contributed by atoms with Crippen LogP contribution in [-0.4, -0.2) is 30.1 Å². The SMILES string of the molecule is CCC1CCCCN1C1CCCCCC1CN. The van der Waals surface area contributed by atoms with Crippen LogP contribution in [0.4, 0.5) is 0 Å². The van der Waals surface area contributed by atoms with Gasteiger partial charge in [-0.25, -0.2) is 0 Å². The molecular formula is C15H30N2. The summed E-state index contributed by atoms with van der Waals surface area (Å²) in [7, 11) is 0. The minimum absolute atomic E-state index is 0.768. The van der Waals surface area contributed by atoms with Crippen molar-refractivity contribution in [3.8, 4) is 0 Å². The first kappa shape index (κ1) is 13.4. The third-order valence-electron chi connectivity index (χ3n) is 4.99. The van der Waals surface area contributed by atoms with E-state index in [4.69, 9.17) is 5.73 Å². The Morgan fingerprint density at radius 2 is 1.76 bits per heavy atom. The minimum Gasteiger partial charge on any atom is -0.330 e. The van der Waals surface area contributed by atoms with Crippen molar-refractivity contribution < 1.29 is 0 Å². The van der Waals surface area contributed by atoms with E-state index in [0.717, 1.165) is 24.5 Å². The summed E-state index contributed by atoms with van der Waals surface area (Å²) in [6.45, 7) is 4.59. The van der Waals surface area contributed by atoms with Gasteiger partial charge < -0.3 is 5.73 Å². The molecule has 17 heavy (non-hydrogen) atoms. The molecule has 1 saturated heterocycles. The maximum atomic E-state index is 6.03. The molecule has 1 saturated carbocycles. The number of hydrogen-bond donors (Lipinski definition) is 1. The number of rotatable bonds is 3. The number of nitrogens with zero attached hydrogens (tertiary/aromatic N) is 1. The number of hydrogen-bond acceptors (Lipinski definition) is 2. The Morgan fingerprint density at radius 3 is 2.53 bits per heavy atom. The van der Waals surface area contributed by atoms with Crippen molar-refractivity contribution in [3.05, 3.63) is 0 Å². The van der Waals surface area contributed by atoms with Crippen LogP contribution in [0.5, 0.6) is 0 Å². The van der Waals surface area contributed by atoms with E-state index in [0.29, 0.717) is 0 Å². The molecule has 0 aromatic rings. The van der Waals surface area contributed by atoms with Crippen LogP contribution >= 0.6 is 0 Å². The fraction of sp³-hybridized carbons (Fsp3) is 1.00. The van der Waals surface area contributed by atoms with E-state index in [2.05, 4.69) is 11.8 Å². The maximum absolute atomic E-state index is 6.03. The van der Waals surface area contributed by atoms with Crippen LogP contribution in [0.3, 0.4) is 0 Å². The summed E-state index contributed by atoms with van der Waals surface area (Å²) >= 11 is 0. The summed E-state index contributed by atoms with van der Waals surface area (Å²) in [5, 5.41) is 0. The summed E-state index contributed by atoms with van der Waals surface area (Å²) in [5.74, 6) is 0.768. The molecule has 2 rings (SSSR count). The van der Waals surface area contributed by atoms with Crippen molar-refractivity contribution in [1.29, 1.82) is 0 Å². The van der Waals surface area contributed by atoms with Gasteiger partial charge in [0.15, 0.2) is 0 Å². The zero-order chi connectivity index (χ0) is 12.1. The van der Waals surface area contributed by atoms with Gasteiger partial charge in [0, 0.05) is 12.1 Å². The highest BCUT2D eigenvalue weighted by molar-refractivity contribution is 4.88. The normalized spacial score (nSPS) is 36.7. The molecule has 0 radical (unpaired) electrons. The molecule has 3 atom stereocenters. The first-order valence-electron chi connectivity index (χ1n) is 7.82. The quantitative estimate of drug-likeness (QED) is 0.765. The summed E-state index contributed by atoms with van der Waals surface area (Å²) in [6, 6.07) is 1.65. The first-order valence-corrected chi connectivity index (χ1v) is 7.82. The maximum Gasteiger partial charge on any atom is 0.0138 e. The molecule has 0 aromatic carbocycles. The molecular weight excluding hydrogens is 208 g/mol. The lowest BCUT2D eigenvalue weighted by Crippen LogP contribution is -2.50. The molecule has 0 spiro atoms. The molecule has 2 N–H and O–H groups in total. The Hall–Kier alpha value is -0.0800. The first-order chi connectivity index (χ1) is 8.36. The Bertz CT molecular complexity index is 217. The van der Waals surface area contributed by atoms with Gasteiger partial charge in [-0.05, 0) is 51.1 Å². The molecule has 1 heterocycles. The van der Waals surface area contributed by atoms with Crippen LogP contribution in [0.1, 0.15) is 64.7 Å². The Balaban J connectivity index is 2.04. The summed E-state index contributed by atoms with van der Waals surface area (Å²) in [4.78, 5) is 2.84. The number of piperidine rings is 1. The van der Waals surface area contributed by atoms with Crippen molar-refractivity contribution in [2.45, 2.75) is 76.8 Å². The fourth-order valence-corrected chi connectivity index (χ4v) is 3.97. The van der Waals surface area contributed by atoms with E-state index in [9.17, 15) is 0 Å². The lowest BCUT2D eigenvalue weighted by Gasteiger charge is -2.43. The Kier molecular flexibility index (Phi) is 5.30. The fourth-order valence-electron chi connectivity index (χ4n) is 3.97. The van der Waals surface area contributed by atoms with Gasteiger partial charge >= 0.3 is 0 Å². The second kappa shape index (κ2) is 6.75. The van der Waals surface area contributed by atoms with Crippen molar-refractivity contribution in [3.63, 3.8) is 0 Å². The van der Waals surface area contributed by atoms with Gasteiger partial charge in [-0.1, -0.05) is 32.6 Å². The van der Waals surface area contributed by atoms with Gasteiger partial charge in [0.05, 0.1) is 0 Å². The smallest absolute Gasteiger partial charge is 0.0138 e. The van der Waals surface area contributed by atoms with E-state index in [1.54, 1.807) is 0 Å². The largest absolute Gasteiger partial charge is 0.330 e. The monoisotopic (exact) mass is 238 g/mol. The van der Waals surface area contributed by atoms with E-state index >= 15 is 0 Å². The highest BCUT2D eigenvalue weighted by atomic mass is 15.2. The van der Waals surface area contributed by atoms with Crippen molar-refractivity contribution in [2.75, 3.05) is 13.1 Å². The predicted octanol–water partition coefficient (Wildman–Crippen LogP) is 3.16. The third-order valence-corrected chi connectivity index (χ3v) is 4.99. The summed E-state index contributed by atoms with van der Waals surface area (Å²) in [5.41, 5.74) is 6.03.